The van der Waals surface area contributed by atoms with Crippen LogP contribution in [0.1, 0.15) is 6.92 Å². The summed E-state index contributed by atoms with van der Waals surface area (Å²) in [7, 11) is 0. The number of carbonyl (C=O) groups excluding carboxylic acids is 2. The van der Waals surface area contributed by atoms with E-state index in [1.54, 1.807) is 25.1 Å². The number of ether oxygens (including phenoxy) is 1. The molecule has 1 heterocycles. The van der Waals surface area contributed by atoms with Crippen molar-refractivity contribution in [3.63, 3.8) is 0 Å². The maximum absolute atomic E-state index is 12.1. The first-order valence-corrected chi connectivity index (χ1v) is 8.03. The zero-order valence-corrected chi connectivity index (χ0v) is 14.5. The molecule has 1 aromatic carbocycles. The molecule has 10 heteroatoms. The molecule has 2 rings (SSSR count). The van der Waals surface area contributed by atoms with Crippen molar-refractivity contribution >= 4 is 23.2 Å². The Hall–Kier alpha value is -3.69. The lowest BCUT2D eigenvalue weighted by molar-refractivity contribution is -0.385. The van der Waals surface area contributed by atoms with Crippen LogP contribution in [-0.2, 0) is 16.1 Å². The molecule has 0 aliphatic heterocycles. The number of benzene rings is 1. The summed E-state index contributed by atoms with van der Waals surface area (Å²) in [6, 6.07) is 8.48. The van der Waals surface area contributed by atoms with Gasteiger partial charge in [-0.1, -0.05) is 6.07 Å². The van der Waals surface area contributed by atoms with Crippen LogP contribution in [0.15, 0.2) is 47.4 Å². The quantitative estimate of drug-likeness (QED) is 0.521. The predicted molar refractivity (Wildman–Crippen MR) is 96.6 cm³/mol. The maximum atomic E-state index is 12.1. The lowest BCUT2D eigenvalue weighted by Crippen LogP contribution is -2.28. The average Bonchev–Trinajstić information content (AvgIpc) is 2.62. The van der Waals surface area contributed by atoms with E-state index in [-0.39, 0.29) is 24.7 Å². The number of anilines is 1. The van der Waals surface area contributed by atoms with Crippen molar-refractivity contribution in [1.29, 1.82) is 0 Å². The molecule has 0 unspecified atom stereocenters. The number of nitrogens with zero attached hydrogens (tertiary/aromatic N) is 2. The van der Waals surface area contributed by atoms with Crippen LogP contribution in [0.5, 0.6) is 5.75 Å². The third kappa shape index (κ3) is 5.96. The largest absolute Gasteiger partial charge is 0.484 e. The standard InChI is InChI=1S/C17H18N4O6/c1-2-18-16(23)11-27-14-5-3-4-12(8-14)19-15(22)10-20-9-13(21(25)26)6-7-17(20)24/h3-9H,2,10-11H2,1H3,(H,18,23)(H,19,22). The zero-order chi connectivity index (χ0) is 19.8. The van der Waals surface area contributed by atoms with Crippen LogP contribution in [0.4, 0.5) is 11.4 Å². The highest BCUT2D eigenvalue weighted by atomic mass is 16.6. The van der Waals surface area contributed by atoms with Gasteiger partial charge in [-0.05, 0) is 19.1 Å². The summed E-state index contributed by atoms with van der Waals surface area (Å²) < 4.78 is 6.28. The fourth-order valence-corrected chi connectivity index (χ4v) is 2.17. The highest BCUT2D eigenvalue weighted by Crippen LogP contribution is 2.17. The van der Waals surface area contributed by atoms with Gasteiger partial charge in [0.25, 0.3) is 17.2 Å². The molecule has 2 amide bonds. The SMILES string of the molecule is CCNC(=O)COc1cccc(NC(=O)Cn2cc([N+](=O)[O-])ccc2=O)c1. The number of nitro groups is 1. The van der Waals surface area contributed by atoms with Gasteiger partial charge in [-0.3, -0.25) is 29.1 Å². The van der Waals surface area contributed by atoms with Gasteiger partial charge in [0, 0.05) is 30.4 Å². The number of nitrogens with one attached hydrogen (secondary N) is 2. The Kier molecular flexibility index (Phi) is 6.64. The Morgan fingerprint density at radius 1 is 1.22 bits per heavy atom. The number of hydrogen-bond acceptors (Lipinski definition) is 6. The number of aromatic nitrogens is 1. The van der Waals surface area contributed by atoms with E-state index in [0.717, 1.165) is 22.9 Å². The lowest BCUT2D eigenvalue weighted by atomic mass is 10.3. The first kappa shape index (κ1) is 19.6. The third-order valence-electron chi connectivity index (χ3n) is 3.35. The van der Waals surface area contributed by atoms with Gasteiger partial charge in [-0.2, -0.15) is 0 Å². The molecule has 1 aromatic heterocycles. The maximum Gasteiger partial charge on any atom is 0.285 e. The lowest BCUT2D eigenvalue weighted by Gasteiger charge is -2.10. The van der Waals surface area contributed by atoms with Crippen molar-refractivity contribution in [2.45, 2.75) is 13.5 Å². The predicted octanol–water partition coefficient (Wildman–Crippen LogP) is 0.910. The molecule has 10 nitrogen and oxygen atoms in total. The number of carbonyl (C=O) groups is 2. The number of pyridine rings is 1. The summed E-state index contributed by atoms with van der Waals surface area (Å²) in [6.07, 6.45) is 1.01. The number of amides is 2. The fraction of sp³-hybridized carbons (Fsp3) is 0.235. The zero-order valence-electron chi connectivity index (χ0n) is 14.5. The molecule has 0 radical (unpaired) electrons. The van der Waals surface area contributed by atoms with Crippen molar-refractivity contribution in [3.8, 4) is 5.75 Å². The van der Waals surface area contributed by atoms with Gasteiger partial charge in [-0.25, -0.2) is 0 Å². The van der Waals surface area contributed by atoms with Crippen molar-refractivity contribution < 1.29 is 19.2 Å². The minimum absolute atomic E-state index is 0.158. The third-order valence-corrected chi connectivity index (χ3v) is 3.35. The summed E-state index contributed by atoms with van der Waals surface area (Å²) in [4.78, 5) is 45.4. The van der Waals surface area contributed by atoms with E-state index < -0.39 is 16.4 Å². The van der Waals surface area contributed by atoms with E-state index in [9.17, 15) is 24.5 Å². The minimum atomic E-state index is -0.649. The number of hydrogen-bond donors (Lipinski definition) is 2. The second-order valence-electron chi connectivity index (χ2n) is 5.43. The molecule has 0 aliphatic carbocycles. The van der Waals surface area contributed by atoms with Crippen molar-refractivity contribution in [3.05, 3.63) is 63.1 Å². The Morgan fingerprint density at radius 2 is 2.00 bits per heavy atom. The summed E-state index contributed by atoms with van der Waals surface area (Å²) in [5.41, 5.74) is -0.426. The topological polar surface area (TPSA) is 133 Å². The summed E-state index contributed by atoms with van der Waals surface area (Å²) in [6.45, 7) is 1.74. The summed E-state index contributed by atoms with van der Waals surface area (Å²) in [5, 5.41) is 15.9. The average molecular weight is 374 g/mol. The van der Waals surface area contributed by atoms with Crippen molar-refractivity contribution in [2.24, 2.45) is 0 Å². The summed E-state index contributed by atoms with van der Waals surface area (Å²) in [5.74, 6) is -0.429. The van der Waals surface area contributed by atoms with Crippen molar-refractivity contribution in [1.82, 2.24) is 9.88 Å². The molecule has 2 aromatic rings. The van der Waals surface area contributed by atoms with Crippen LogP contribution in [0.2, 0.25) is 0 Å². The second-order valence-corrected chi connectivity index (χ2v) is 5.43. The van der Waals surface area contributed by atoms with Crippen LogP contribution in [0, 0.1) is 10.1 Å². The molecule has 142 valence electrons. The monoisotopic (exact) mass is 374 g/mol. The number of rotatable bonds is 8. The van der Waals surface area contributed by atoms with Gasteiger partial charge >= 0.3 is 0 Å². The van der Waals surface area contributed by atoms with Crippen LogP contribution in [-0.4, -0.2) is 34.5 Å². The highest BCUT2D eigenvalue weighted by Gasteiger charge is 2.11. The Bertz CT molecular complexity index is 908. The fourth-order valence-electron chi connectivity index (χ4n) is 2.17. The molecular formula is C17H18N4O6. The molecule has 27 heavy (non-hydrogen) atoms. The Labute approximate surface area is 153 Å². The molecule has 0 saturated carbocycles. The van der Waals surface area contributed by atoms with Crippen molar-refractivity contribution in [2.75, 3.05) is 18.5 Å². The molecule has 0 spiro atoms. The molecule has 0 saturated heterocycles. The van der Waals surface area contributed by atoms with Gasteiger partial charge in [0.05, 0.1) is 11.1 Å². The van der Waals surface area contributed by atoms with E-state index in [2.05, 4.69) is 10.6 Å². The van der Waals surface area contributed by atoms with Crippen LogP contribution in [0.3, 0.4) is 0 Å². The van der Waals surface area contributed by atoms with Gasteiger partial charge in [0.1, 0.15) is 12.3 Å². The van der Waals surface area contributed by atoms with Crippen LogP contribution < -0.4 is 20.9 Å². The molecule has 2 N–H and O–H groups in total. The van der Waals surface area contributed by atoms with Crippen LogP contribution in [0.25, 0.3) is 0 Å². The first-order valence-electron chi connectivity index (χ1n) is 8.03. The normalized spacial score (nSPS) is 10.1. The van der Waals surface area contributed by atoms with Gasteiger partial charge in [0.2, 0.25) is 5.91 Å². The van der Waals surface area contributed by atoms with E-state index in [1.807, 2.05) is 0 Å². The van der Waals surface area contributed by atoms with Gasteiger partial charge in [-0.15, -0.1) is 0 Å². The summed E-state index contributed by atoms with van der Waals surface area (Å²) >= 11 is 0. The molecular weight excluding hydrogens is 356 g/mol. The number of likely N-dealkylation sites (N-methyl/N-ethyl adjacent to an activating group) is 1. The highest BCUT2D eigenvalue weighted by molar-refractivity contribution is 5.90. The van der Waals surface area contributed by atoms with E-state index in [4.69, 9.17) is 4.74 Å². The molecule has 0 atom stereocenters. The van der Waals surface area contributed by atoms with Gasteiger partial charge < -0.3 is 15.4 Å². The van der Waals surface area contributed by atoms with Gasteiger partial charge in [0.15, 0.2) is 6.61 Å². The smallest absolute Gasteiger partial charge is 0.285 e. The van der Waals surface area contributed by atoms with E-state index >= 15 is 0 Å². The first-order chi connectivity index (χ1) is 12.9. The molecule has 0 bridgehead atoms. The Balaban J connectivity index is 2.01. The molecule has 0 fully saturated rings. The van der Waals surface area contributed by atoms with E-state index in [1.165, 1.54) is 6.07 Å². The Morgan fingerprint density at radius 3 is 2.70 bits per heavy atom. The van der Waals surface area contributed by atoms with Crippen LogP contribution >= 0.6 is 0 Å². The minimum Gasteiger partial charge on any atom is -0.484 e. The second kappa shape index (κ2) is 9.13. The van der Waals surface area contributed by atoms with E-state index in [0.29, 0.717) is 18.0 Å². The molecule has 0 aliphatic rings.